The van der Waals surface area contributed by atoms with E-state index in [0.29, 0.717) is 5.41 Å². The maximum absolute atomic E-state index is 10.2. The second kappa shape index (κ2) is 4.99. The minimum atomic E-state index is -0.401. The molecule has 0 aliphatic heterocycles. The van der Waals surface area contributed by atoms with Crippen molar-refractivity contribution in [1.29, 1.82) is 0 Å². The van der Waals surface area contributed by atoms with Crippen LogP contribution in [0.2, 0.25) is 0 Å². The van der Waals surface area contributed by atoms with Crippen molar-refractivity contribution < 1.29 is 5.11 Å². The maximum atomic E-state index is 10.2. The van der Waals surface area contributed by atoms with E-state index in [9.17, 15) is 5.11 Å². The normalized spacial score (nSPS) is 17.1. The molecular weight excluding hydrogens is 160 g/mol. The van der Waals surface area contributed by atoms with Gasteiger partial charge in [0, 0.05) is 0 Å². The van der Waals surface area contributed by atoms with Crippen molar-refractivity contribution in [3.8, 4) is 0 Å². The fourth-order valence-electron chi connectivity index (χ4n) is 1.55. The summed E-state index contributed by atoms with van der Waals surface area (Å²) in [5.41, 5.74) is -0.0566. The molecule has 0 spiro atoms. The third-order valence-corrected chi connectivity index (χ3v) is 2.71. The fraction of sp³-hybridized carbons (Fsp3) is 1.00. The van der Waals surface area contributed by atoms with Gasteiger partial charge in [-0.1, -0.05) is 41.0 Å². The summed E-state index contributed by atoms with van der Waals surface area (Å²) in [6.45, 7) is 10.9. The molecule has 0 saturated heterocycles. The monoisotopic (exact) mass is 186 g/mol. The molecule has 1 unspecified atom stereocenters. The highest BCUT2D eigenvalue weighted by atomic mass is 16.3. The molecule has 0 aromatic carbocycles. The molecule has 0 bridgehead atoms. The lowest BCUT2D eigenvalue weighted by atomic mass is 9.82. The fourth-order valence-corrected chi connectivity index (χ4v) is 1.55. The third kappa shape index (κ3) is 6.09. The molecule has 1 heteroatoms. The Bertz CT molecular complexity index is 135. The van der Waals surface area contributed by atoms with Gasteiger partial charge in [-0.2, -0.15) is 0 Å². The molecule has 1 nitrogen and oxygen atoms in total. The van der Waals surface area contributed by atoms with Crippen molar-refractivity contribution in [3.05, 3.63) is 0 Å². The van der Waals surface area contributed by atoms with Crippen LogP contribution >= 0.6 is 0 Å². The van der Waals surface area contributed by atoms with Gasteiger partial charge >= 0.3 is 0 Å². The summed E-state index contributed by atoms with van der Waals surface area (Å²) >= 11 is 0. The lowest BCUT2D eigenvalue weighted by molar-refractivity contribution is 0.00840. The molecular formula is C12H26O. The predicted octanol–water partition coefficient (Wildman–Crippen LogP) is 3.75. The molecule has 0 saturated carbocycles. The molecule has 0 aliphatic carbocycles. The van der Waals surface area contributed by atoms with E-state index in [1.807, 2.05) is 0 Å². The van der Waals surface area contributed by atoms with Gasteiger partial charge in [-0.3, -0.25) is 0 Å². The van der Waals surface area contributed by atoms with Crippen molar-refractivity contribution in [2.45, 2.75) is 72.3 Å². The van der Waals surface area contributed by atoms with Gasteiger partial charge in [0.05, 0.1) is 5.60 Å². The van der Waals surface area contributed by atoms with Crippen LogP contribution in [0.5, 0.6) is 0 Å². The van der Waals surface area contributed by atoms with Crippen LogP contribution in [0.4, 0.5) is 0 Å². The van der Waals surface area contributed by atoms with E-state index in [-0.39, 0.29) is 0 Å². The number of aliphatic hydroxyl groups is 1. The van der Waals surface area contributed by atoms with Gasteiger partial charge < -0.3 is 5.11 Å². The first kappa shape index (κ1) is 13.0. The van der Waals surface area contributed by atoms with E-state index in [1.54, 1.807) is 0 Å². The quantitative estimate of drug-likeness (QED) is 0.693. The van der Waals surface area contributed by atoms with E-state index >= 15 is 0 Å². The summed E-state index contributed by atoms with van der Waals surface area (Å²) in [5, 5.41) is 10.2. The Morgan fingerprint density at radius 3 is 1.77 bits per heavy atom. The summed E-state index contributed by atoms with van der Waals surface area (Å²) in [4.78, 5) is 0. The lowest BCUT2D eigenvalue weighted by Gasteiger charge is -2.30. The Balaban J connectivity index is 3.97. The predicted molar refractivity (Wildman–Crippen MR) is 58.8 cm³/mol. The average molecular weight is 186 g/mol. The van der Waals surface area contributed by atoms with Gasteiger partial charge in [0.1, 0.15) is 0 Å². The summed E-state index contributed by atoms with van der Waals surface area (Å²) in [6.07, 6.45) is 4.96. The highest BCUT2D eigenvalue weighted by Crippen LogP contribution is 2.30. The van der Waals surface area contributed by atoms with Gasteiger partial charge in [0.15, 0.2) is 0 Å². The molecule has 1 atom stereocenters. The molecule has 0 aromatic rings. The van der Waals surface area contributed by atoms with Crippen molar-refractivity contribution in [2.24, 2.45) is 5.41 Å². The molecule has 0 heterocycles. The zero-order chi connectivity index (χ0) is 10.5. The van der Waals surface area contributed by atoms with Crippen molar-refractivity contribution in [2.75, 3.05) is 0 Å². The number of hydrogen-bond donors (Lipinski definition) is 1. The van der Waals surface area contributed by atoms with E-state index in [0.717, 1.165) is 32.1 Å². The molecule has 0 rings (SSSR count). The van der Waals surface area contributed by atoms with Gasteiger partial charge in [-0.25, -0.2) is 0 Å². The van der Waals surface area contributed by atoms with Crippen LogP contribution in [0.3, 0.4) is 0 Å². The van der Waals surface area contributed by atoms with Crippen LogP contribution in [0.15, 0.2) is 0 Å². The number of hydrogen-bond acceptors (Lipinski definition) is 1. The first-order valence-electron chi connectivity index (χ1n) is 5.55. The Labute approximate surface area is 83.5 Å². The largest absolute Gasteiger partial charge is 0.390 e. The van der Waals surface area contributed by atoms with Crippen LogP contribution in [-0.4, -0.2) is 10.7 Å². The zero-order valence-corrected chi connectivity index (χ0v) is 9.98. The Hall–Kier alpha value is -0.0400. The minimum absolute atomic E-state index is 0.344. The molecule has 0 aliphatic rings. The van der Waals surface area contributed by atoms with Crippen LogP contribution in [0, 0.1) is 5.41 Å². The zero-order valence-electron chi connectivity index (χ0n) is 9.98. The summed E-state index contributed by atoms with van der Waals surface area (Å²) < 4.78 is 0. The molecule has 0 fully saturated rings. The van der Waals surface area contributed by atoms with E-state index < -0.39 is 5.60 Å². The molecule has 13 heavy (non-hydrogen) atoms. The van der Waals surface area contributed by atoms with Crippen molar-refractivity contribution in [3.63, 3.8) is 0 Å². The topological polar surface area (TPSA) is 20.2 Å². The first-order valence-corrected chi connectivity index (χ1v) is 5.55. The number of rotatable bonds is 5. The van der Waals surface area contributed by atoms with Gasteiger partial charge in [-0.05, 0) is 31.1 Å². The van der Waals surface area contributed by atoms with Crippen LogP contribution in [0.1, 0.15) is 66.7 Å². The van der Waals surface area contributed by atoms with E-state index in [4.69, 9.17) is 0 Å². The average Bonchev–Trinajstić information content (AvgIpc) is 2.01. The SMILES string of the molecule is CCCC(O)(CC)CCC(C)(C)C. The molecule has 80 valence electrons. The summed E-state index contributed by atoms with van der Waals surface area (Å²) in [7, 11) is 0. The minimum Gasteiger partial charge on any atom is -0.390 e. The van der Waals surface area contributed by atoms with Crippen molar-refractivity contribution >= 4 is 0 Å². The highest BCUT2D eigenvalue weighted by molar-refractivity contribution is 4.78. The van der Waals surface area contributed by atoms with Crippen LogP contribution < -0.4 is 0 Å². The lowest BCUT2D eigenvalue weighted by Crippen LogP contribution is -2.29. The van der Waals surface area contributed by atoms with Crippen molar-refractivity contribution in [1.82, 2.24) is 0 Å². The first-order chi connectivity index (χ1) is 5.83. The summed E-state index contributed by atoms with van der Waals surface area (Å²) in [5.74, 6) is 0. The van der Waals surface area contributed by atoms with E-state index in [1.165, 1.54) is 0 Å². The molecule has 0 amide bonds. The molecule has 0 aromatic heterocycles. The standard InChI is InChI=1S/C12H26O/c1-6-8-12(13,7-2)10-9-11(3,4)5/h13H,6-10H2,1-5H3. The van der Waals surface area contributed by atoms with Gasteiger partial charge in [0.2, 0.25) is 0 Å². The maximum Gasteiger partial charge on any atom is 0.0645 e. The van der Waals surface area contributed by atoms with Gasteiger partial charge in [-0.15, -0.1) is 0 Å². The Morgan fingerprint density at radius 2 is 1.46 bits per heavy atom. The highest BCUT2D eigenvalue weighted by Gasteiger charge is 2.25. The molecule has 0 radical (unpaired) electrons. The third-order valence-electron chi connectivity index (χ3n) is 2.71. The Kier molecular flexibility index (Phi) is 4.98. The Morgan fingerprint density at radius 1 is 0.923 bits per heavy atom. The van der Waals surface area contributed by atoms with Gasteiger partial charge in [0.25, 0.3) is 0 Å². The van der Waals surface area contributed by atoms with Crippen LogP contribution in [-0.2, 0) is 0 Å². The second-order valence-electron chi connectivity index (χ2n) is 5.39. The second-order valence-corrected chi connectivity index (χ2v) is 5.39. The smallest absolute Gasteiger partial charge is 0.0645 e. The molecule has 1 N–H and O–H groups in total. The van der Waals surface area contributed by atoms with E-state index in [2.05, 4.69) is 34.6 Å². The van der Waals surface area contributed by atoms with Crippen LogP contribution in [0.25, 0.3) is 0 Å². The summed E-state index contributed by atoms with van der Waals surface area (Å²) in [6, 6.07) is 0.